The van der Waals surface area contributed by atoms with Gasteiger partial charge in [0.2, 0.25) is 0 Å². The Kier molecular flexibility index (Phi) is 4.94. The molecule has 2 heteroatoms. The van der Waals surface area contributed by atoms with Crippen molar-refractivity contribution < 1.29 is 0 Å². The molecule has 1 saturated carbocycles. The van der Waals surface area contributed by atoms with Crippen LogP contribution in [0.4, 0.5) is 0 Å². The van der Waals surface area contributed by atoms with Crippen LogP contribution in [0.15, 0.2) is 0 Å². The van der Waals surface area contributed by atoms with Gasteiger partial charge < -0.3 is 5.73 Å². The van der Waals surface area contributed by atoms with Gasteiger partial charge >= 0.3 is 0 Å². The highest BCUT2D eigenvalue weighted by molar-refractivity contribution is 4.97. The minimum Gasteiger partial charge on any atom is -0.329 e. The monoisotopic (exact) mass is 266 g/mol. The Bertz CT molecular complexity index is 279. The first kappa shape index (κ1) is 15.3. The zero-order valence-electron chi connectivity index (χ0n) is 13.4. The van der Waals surface area contributed by atoms with E-state index in [4.69, 9.17) is 5.73 Å². The largest absolute Gasteiger partial charge is 0.329 e. The van der Waals surface area contributed by atoms with Crippen molar-refractivity contribution in [3.8, 4) is 0 Å². The molecule has 1 atom stereocenters. The maximum absolute atomic E-state index is 6.25. The Morgan fingerprint density at radius 2 is 1.74 bits per heavy atom. The first-order chi connectivity index (χ1) is 9.01. The van der Waals surface area contributed by atoms with Gasteiger partial charge in [-0.1, -0.05) is 33.6 Å². The third kappa shape index (κ3) is 3.52. The van der Waals surface area contributed by atoms with Crippen molar-refractivity contribution in [2.75, 3.05) is 19.6 Å². The van der Waals surface area contributed by atoms with Gasteiger partial charge in [-0.25, -0.2) is 0 Å². The normalized spacial score (nSPS) is 34.1. The molecule has 2 aliphatic rings. The van der Waals surface area contributed by atoms with Gasteiger partial charge in [0.05, 0.1) is 0 Å². The smallest absolute Gasteiger partial charge is 0.0331 e. The molecule has 1 heterocycles. The lowest BCUT2D eigenvalue weighted by atomic mass is 9.81. The van der Waals surface area contributed by atoms with Crippen LogP contribution in [0.25, 0.3) is 0 Å². The van der Waals surface area contributed by atoms with Crippen LogP contribution in [0.3, 0.4) is 0 Å². The minimum absolute atomic E-state index is 0.326. The second-order valence-electron chi connectivity index (χ2n) is 7.78. The Hall–Kier alpha value is -0.0800. The standard InChI is InChI=1S/C17H34N2/c1-4-15-6-12-19(13-7-15)17(14-18)9-5-8-16(2,3)10-11-17/h15H,4-14,18H2,1-3H3. The average molecular weight is 266 g/mol. The van der Waals surface area contributed by atoms with E-state index in [9.17, 15) is 0 Å². The molecule has 1 saturated heterocycles. The molecular weight excluding hydrogens is 232 g/mol. The number of hydrogen-bond donors (Lipinski definition) is 1. The number of nitrogens with two attached hydrogens (primary N) is 1. The zero-order valence-corrected chi connectivity index (χ0v) is 13.4. The second-order valence-corrected chi connectivity index (χ2v) is 7.78. The summed E-state index contributed by atoms with van der Waals surface area (Å²) in [6, 6.07) is 0. The number of likely N-dealkylation sites (tertiary alicyclic amines) is 1. The van der Waals surface area contributed by atoms with E-state index in [0.29, 0.717) is 11.0 Å². The van der Waals surface area contributed by atoms with Crippen LogP contribution in [-0.2, 0) is 0 Å². The molecule has 0 spiro atoms. The highest BCUT2D eigenvalue weighted by Crippen LogP contribution is 2.41. The van der Waals surface area contributed by atoms with E-state index < -0.39 is 0 Å². The SMILES string of the molecule is CCC1CCN(C2(CN)CCCC(C)(C)CC2)CC1. The molecule has 1 unspecified atom stereocenters. The predicted molar refractivity (Wildman–Crippen MR) is 83.2 cm³/mol. The summed E-state index contributed by atoms with van der Waals surface area (Å²) >= 11 is 0. The maximum Gasteiger partial charge on any atom is 0.0331 e. The Morgan fingerprint density at radius 3 is 2.32 bits per heavy atom. The van der Waals surface area contributed by atoms with Crippen LogP contribution < -0.4 is 5.73 Å². The van der Waals surface area contributed by atoms with Crippen molar-refractivity contribution in [1.29, 1.82) is 0 Å². The quantitative estimate of drug-likeness (QED) is 0.787. The molecule has 0 aromatic rings. The van der Waals surface area contributed by atoms with Crippen LogP contribution in [0.5, 0.6) is 0 Å². The maximum atomic E-state index is 6.25. The van der Waals surface area contributed by atoms with E-state index in [2.05, 4.69) is 25.7 Å². The molecule has 0 amide bonds. The zero-order chi connectivity index (χ0) is 13.9. The minimum atomic E-state index is 0.326. The fourth-order valence-electron chi connectivity index (χ4n) is 4.18. The third-order valence-electron chi connectivity index (χ3n) is 6.01. The molecular formula is C17H34N2. The van der Waals surface area contributed by atoms with Gasteiger partial charge in [0, 0.05) is 12.1 Å². The second kappa shape index (κ2) is 6.13. The summed E-state index contributed by atoms with van der Waals surface area (Å²) in [5, 5.41) is 0. The summed E-state index contributed by atoms with van der Waals surface area (Å²) in [6.45, 7) is 10.6. The van der Waals surface area contributed by atoms with Crippen LogP contribution in [0.2, 0.25) is 0 Å². The molecule has 0 aromatic heterocycles. The molecule has 2 N–H and O–H groups in total. The Labute approximate surface area is 120 Å². The van der Waals surface area contributed by atoms with Crippen molar-refractivity contribution in [3.63, 3.8) is 0 Å². The molecule has 19 heavy (non-hydrogen) atoms. The van der Waals surface area contributed by atoms with Gasteiger partial charge in [-0.05, 0) is 62.9 Å². The third-order valence-corrected chi connectivity index (χ3v) is 6.01. The summed E-state index contributed by atoms with van der Waals surface area (Å²) in [5.74, 6) is 0.966. The fraction of sp³-hybridized carbons (Fsp3) is 1.00. The van der Waals surface area contributed by atoms with Crippen LogP contribution in [0.1, 0.15) is 72.1 Å². The Morgan fingerprint density at radius 1 is 1.05 bits per heavy atom. The van der Waals surface area contributed by atoms with E-state index in [1.165, 1.54) is 64.5 Å². The van der Waals surface area contributed by atoms with Crippen LogP contribution in [0, 0.1) is 11.3 Å². The summed E-state index contributed by atoms with van der Waals surface area (Å²) in [7, 11) is 0. The summed E-state index contributed by atoms with van der Waals surface area (Å²) in [4.78, 5) is 2.76. The lowest BCUT2D eigenvalue weighted by Crippen LogP contribution is -2.56. The number of nitrogens with zero attached hydrogens (tertiary/aromatic N) is 1. The van der Waals surface area contributed by atoms with Gasteiger partial charge in [-0.2, -0.15) is 0 Å². The predicted octanol–water partition coefficient (Wildman–Crippen LogP) is 3.80. The first-order valence-corrected chi connectivity index (χ1v) is 8.46. The molecule has 2 fully saturated rings. The van der Waals surface area contributed by atoms with E-state index in [0.717, 1.165) is 12.5 Å². The molecule has 112 valence electrons. The van der Waals surface area contributed by atoms with E-state index in [1.807, 2.05) is 0 Å². The van der Waals surface area contributed by atoms with E-state index >= 15 is 0 Å². The van der Waals surface area contributed by atoms with Gasteiger partial charge in [-0.15, -0.1) is 0 Å². The van der Waals surface area contributed by atoms with Crippen molar-refractivity contribution in [2.24, 2.45) is 17.1 Å². The highest BCUT2D eigenvalue weighted by Gasteiger charge is 2.40. The average Bonchev–Trinajstić information content (AvgIpc) is 2.58. The summed E-state index contributed by atoms with van der Waals surface area (Å²) in [5.41, 5.74) is 7.10. The number of piperidine rings is 1. The Balaban J connectivity index is 2.02. The fourth-order valence-corrected chi connectivity index (χ4v) is 4.18. The molecule has 1 aliphatic heterocycles. The molecule has 1 aliphatic carbocycles. The topological polar surface area (TPSA) is 29.3 Å². The molecule has 2 nitrogen and oxygen atoms in total. The van der Waals surface area contributed by atoms with Crippen molar-refractivity contribution in [2.45, 2.75) is 77.7 Å². The van der Waals surface area contributed by atoms with Crippen molar-refractivity contribution in [3.05, 3.63) is 0 Å². The number of hydrogen-bond acceptors (Lipinski definition) is 2. The van der Waals surface area contributed by atoms with Gasteiger partial charge in [-0.3, -0.25) is 4.90 Å². The summed E-state index contributed by atoms with van der Waals surface area (Å²) < 4.78 is 0. The van der Waals surface area contributed by atoms with E-state index in [1.54, 1.807) is 0 Å². The van der Waals surface area contributed by atoms with Gasteiger partial charge in [0.15, 0.2) is 0 Å². The molecule has 0 bridgehead atoms. The lowest BCUT2D eigenvalue weighted by molar-refractivity contribution is 0.0401. The van der Waals surface area contributed by atoms with Crippen molar-refractivity contribution >= 4 is 0 Å². The van der Waals surface area contributed by atoms with Gasteiger partial charge in [0.1, 0.15) is 0 Å². The molecule has 0 aromatic carbocycles. The first-order valence-electron chi connectivity index (χ1n) is 8.46. The van der Waals surface area contributed by atoms with Crippen LogP contribution in [-0.4, -0.2) is 30.1 Å². The molecule has 2 rings (SSSR count). The van der Waals surface area contributed by atoms with Crippen LogP contribution >= 0.6 is 0 Å². The highest BCUT2D eigenvalue weighted by atomic mass is 15.2. The molecule has 0 radical (unpaired) electrons. The van der Waals surface area contributed by atoms with Gasteiger partial charge in [0.25, 0.3) is 0 Å². The number of rotatable bonds is 3. The lowest BCUT2D eigenvalue weighted by Gasteiger charge is -2.47. The van der Waals surface area contributed by atoms with E-state index in [-0.39, 0.29) is 0 Å². The summed E-state index contributed by atoms with van der Waals surface area (Å²) in [6.07, 6.45) is 10.9. The van der Waals surface area contributed by atoms with Crippen molar-refractivity contribution in [1.82, 2.24) is 4.90 Å².